The Hall–Kier alpha value is -2.34. The summed E-state index contributed by atoms with van der Waals surface area (Å²) in [5.74, 6) is 0.111. The van der Waals surface area contributed by atoms with Gasteiger partial charge in [0.25, 0.3) is 0 Å². The molecule has 2 atom stereocenters. The smallest absolute Gasteiger partial charge is 0.387 e. The van der Waals surface area contributed by atoms with E-state index in [1.165, 1.54) is 18.2 Å². The lowest BCUT2D eigenvalue weighted by Gasteiger charge is -2.35. The number of alkyl halides is 3. The maximum Gasteiger partial charge on any atom is 0.401 e. The summed E-state index contributed by atoms with van der Waals surface area (Å²) in [4.78, 5) is 11.8. The molecule has 0 fully saturated rings. The summed E-state index contributed by atoms with van der Waals surface area (Å²) >= 11 is 12.0. The summed E-state index contributed by atoms with van der Waals surface area (Å²) in [5.41, 5.74) is 0.263. The van der Waals surface area contributed by atoms with Gasteiger partial charge in [0, 0.05) is 22.9 Å². The van der Waals surface area contributed by atoms with Crippen molar-refractivity contribution in [1.29, 1.82) is 0 Å². The third kappa shape index (κ3) is 4.30. The molecule has 0 spiro atoms. The second-order valence-corrected chi connectivity index (χ2v) is 9.26. The van der Waals surface area contributed by atoms with E-state index in [4.69, 9.17) is 23.2 Å². The molecule has 3 aromatic rings. The van der Waals surface area contributed by atoms with E-state index in [-0.39, 0.29) is 27.0 Å². The minimum atomic E-state index is -4.75. The fourth-order valence-electron chi connectivity index (χ4n) is 4.57. The number of carbonyl (C=O) groups excluding carboxylic acids is 1. The number of aliphatic hydroxyl groups is 1. The van der Waals surface area contributed by atoms with Crippen molar-refractivity contribution < 1.29 is 23.1 Å². The average Bonchev–Trinajstić information content (AvgIpc) is 3.06. The summed E-state index contributed by atoms with van der Waals surface area (Å²) in [6, 6.07) is 16.1. The molecule has 1 aliphatic rings. The van der Waals surface area contributed by atoms with Crippen LogP contribution in [0, 0.1) is 0 Å². The molecule has 0 heterocycles. The SMILES string of the molecule is CCC(=O)Cc1cccc(-c2ccc3c(c2)CC(c2cc(Cl)cc(Cl)c2)(C(F)(F)F)C3O)c1. The van der Waals surface area contributed by atoms with Crippen LogP contribution in [0.15, 0.2) is 60.7 Å². The molecular formula is C26H21Cl2F3O2. The second-order valence-electron chi connectivity index (χ2n) is 8.39. The molecule has 0 saturated heterocycles. The Bertz CT molecular complexity index is 1200. The highest BCUT2D eigenvalue weighted by molar-refractivity contribution is 6.34. The summed E-state index contributed by atoms with van der Waals surface area (Å²) in [5, 5.41) is 11.1. The van der Waals surface area contributed by atoms with E-state index in [0.717, 1.165) is 11.1 Å². The Labute approximate surface area is 200 Å². The van der Waals surface area contributed by atoms with Crippen LogP contribution >= 0.6 is 23.2 Å². The Morgan fingerprint density at radius 3 is 2.33 bits per heavy atom. The highest BCUT2D eigenvalue weighted by Crippen LogP contribution is 2.57. The number of ketones is 1. The van der Waals surface area contributed by atoms with Crippen LogP contribution in [0.1, 0.15) is 41.7 Å². The predicted molar refractivity (Wildman–Crippen MR) is 124 cm³/mol. The van der Waals surface area contributed by atoms with Crippen molar-refractivity contribution in [2.24, 2.45) is 0 Å². The van der Waals surface area contributed by atoms with Gasteiger partial charge in [-0.3, -0.25) is 4.79 Å². The van der Waals surface area contributed by atoms with Gasteiger partial charge in [-0.1, -0.05) is 72.6 Å². The summed E-state index contributed by atoms with van der Waals surface area (Å²) < 4.78 is 43.6. The molecule has 0 aromatic heterocycles. The van der Waals surface area contributed by atoms with Crippen molar-refractivity contribution in [3.8, 4) is 11.1 Å². The van der Waals surface area contributed by atoms with Crippen LogP contribution in [0.4, 0.5) is 13.2 Å². The molecule has 1 aliphatic carbocycles. The first-order valence-corrected chi connectivity index (χ1v) is 11.3. The maximum absolute atomic E-state index is 14.5. The predicted octanol–water partition coefficient (Wildman–Crippen LogP) is 7.27. The maximum atomic E-state index is 14.5. The van der Waals surface area contributed by atoms with E-state index in [1.807, 2.05) is 24.3 Å². The quantitative estimate of drug-likeness (QED) is 0.406. The number of halogens is 5. The van der Waals surface area contributed by atoms with Gasteiger partial charge in [-0.2, -0.15) is 13.2 Å². The van der Waals surface area contributed by atoms with E-state index in [9.17, 15) is 23.1 Å². The van der Waals surface area contributed by atoms with Crippen LogP contribution in [0.5, 0.6) is 0 Å². The summed E-state index contributed by atoms with van der Waals surface area (Å²) in [6.07, 6.45) is -6.25. The van der Waals surface area contributed by atoms with E-state index in [0.29, 0.717) is 24.0 Å². The van der Waals surface area contributed by atoms with Gasteiger partial charge >= 0.3 is 6.18 Å². The van der Waals surface area contributed by atoms with Crippen LogP contribution in [-0.4, -0.2) is 17.1 Å². The molecule has 33 heavy (non-hydrogen) atoms. The Morgan fingerprint density at radius 2 is 1.70 bits per heavy atom. The lowest BCUT2D eigenvalue weighted by molar-refractivity contribution is -0.215. The van der Waals surface area contributed by atoms with E-state index in [2.05, 4.69) is 0 Å². The van der Waals surface area contributed by atoms with Gasteiger partial charge in [0.05, 0.1) is 6.10 Å². The lowest BCUT2D eigenvalue weighted by Crippen LogP contribution is -2.46. The van der Waals surface area contributed by atoms with Crippen molar-refractivity contribution >= 4 is 29.0 Å². The van der Waals surface area contributed by atoms with E-state index >= 15 is 0 Å². The van der Waals surface area contributed by atoms with Gasteiger partial charge < -0.3 is 5.11 Å². The highest BCUT2D eigenvalue weighted by Gasteiger charge is 2.63. The van der Waals surface area contributed by atoms with Crippen LogP contribution in [0.3, 0.4) is 0 Å². The molecule has 2 nitrogen and oxygen atoms in total. The normalized spacial score (nSPS) is 20.0. The Balaban J connectivity index is 1.78. The van der Waals surface area contributed by atoms with E-state index in [1.54, 1.807) is 25.1 Å². The Morgan fingerprint density at radius 1 is 1.03 bits per heavy atom. The molecule has 172 valence electrons. The van der Waals surface area contributed by atoms with Gasteiger partial charge in [0.1, 0.15) is 11.2 Å². The first kappa shape index (κ1) is 23.8. The summed E-state index contributed by atoms with van der Waals surface area (Å²) in [6.45, 7) is 1.80. The molecular weight excluding hydrogens is 472 g/mol. The minimum Gasteiger partial charge on any atom is -0.387 e. The van der Waals surface area contributed by atoms with Crippen molar-refractivity contribution in [2.45, 2.75) is 43.9 Å². The lowest BCUT2D eigenvalue weighted by atomic mass is 9.75. The van der Waals surface area contributed by atoms with Crippen LogP contribution in [0.2, 0.25) is 10.0 Å². The first-order valence-electron chi connectivity index (χ1n) is 10.5. The van der Waals surface area contributed by atoms with E-state index < -0.39 is 24.1 Å². The number of aliphatic hydroxyl groups excluding tert-OH is 1. The minimum absolute atomic E-state index is 0.0726. The van der Waals surface area contributed by atoms with Gasteiger partial charge in [-0.25, -0.2) is 0 Å². The number of Topliss-reactive ketones (excluding diaryl/α,β-unsaturated/α-hetero) is 1. The largest absolute Gasteiger partial charge is 0.401 e. The molecule has 0 amide bonds. The molecule has 0 bridgehead atoms. The number of hydrogen-bond acceptors (Lipinski definition) is 2. The van der Waals surface area contributed by atoms with Gasteiger partial charge in [-0.15, -0.1) is 0 Å². The molecule has 1 N–H and O–H groups in total. The first-order chi connectivity index (χ1) is 15.5. The van der Waals surface area contributed by atoms with Crippen molar-refractivity contribution in [1.82, 2.24) is 0 Å². The van der Waals surface area contributed by atoms with Crippen LogP contribution in [0.25, 0.3) is 11.1 Å². The molecule has 0 aliphatic heterocycles. The molecule has 0 saturated carbocycles. The van der Waals surface area contributed by atoms with Crippen molar-refractivity contribution in [2.75, 3.05) is 0 Å². The summed E-state index contributed by atoms with van der Waals surface area (Å²) in [7, 11) is 0. The van der Waals surface area contributed by atoms with Crippen LogP contribution in [-0.2, 0) is 23.1 Å². The third-order valence-electron chi connectivity index (χ3n) is 6.31. The Kier molecular flexibility index (Phi) is 6.34. The number of carbonyl (C=O) groups is 1. The molecule has 7 heteroatoms. The van der Waals surface area contributed by atoms with Gasteiger partial charge in [0.2, 0.25) is 0 Å². The van der Waals surface area contributed by atoms with Crippen molar-refractivity contribution in [3.63, 3.8) is 0 Å². The number of benzene rings is 3. The van der Waals surface area contributed by atoms with Gasteiger partial charge in [-0.05, 0) is 58.0 Å². The monoisotopic (exact) mass is 492 g/mol. The molecule has 4 rings (SSSR count). The fraction of sp³-hybridized carbons (Fsp3) is 0.269. The van der Waals surface area contributed by atoms with Crippen LogP contribution < -0.4 is 0 Å². The highest BCUT2D eigenvalue weighted by atomic mass is 35.5. The second kappa shape index (κ2) is 8.79. The van der Waals surface area contributed by atoms with Gasteiger partial charge in [0.15, 0.2) is 0 Å². The topological polar surface area (TPSA) is 37.3 Å². The number of hydrogen-bond donors (Lipinski definition) is 1. The molecule has 0 radical (unpaired) electrons. The zero-order chi connectivity index (χ0) is 24.0. The fourth-order valence-corrected chi connectivity index (χ4v) is 5.10. The van der Waals surface area contributed by atoms with Crippen molar-refractivity contribution in [3.05, 3.63) is 93.0 Å². The number of fused-ring (bicyclic) bond motifs is 1. The zero-order valence-electron chi connectivity index (χ0n) is 17.7. The average molecular weight is 493 g/mol. The zero-order valence-corrected chi connectivity index (χ0v) is 19.2. The third-order valence-corrected chi connectivity index (χ3v) is 6.75. The standard InChI is InChI=1S/C26H21Cl2F3O2/c1-2-22(32)9-15-4-3-5-16(8-15)17-6-7-23-18(10-17)14-25(24(23)33,26(29,30)31)19-11-20(27)13-21(28)12-19/h3-8,10-13,24,33H,2,9,14H2,1H3. The molecule has 2 unspecified atom stereocenters. The molecule has 3 aromatic carbocycles. The number of rotatable bonds is 5.